The second-order valence-corrected chi connectivity index (χ2v) is 6.59. The van der Waals surface area contributed by atoms with Crippen LogP contribution in [0.1, 0.15) is 12.5 Å². The number of hydrogen-bond donors (Lipinski definition) is 2. The number of carbonyl (C=O) groups is 2. The summed E-state index contributed by atoms with van der Waals surface area (Å²) in [5, 5.41) is 2.81. The molecule has 0 aromatic heterocycles. The maximum absolute atomic E-state index is 13.1. The van der Waals surface area contributed by atoms with E-state index in [1.54, 1.807) is 12.0 Å². The number of fused-ring (bicyclic) bond motifs is 1. The minimum absolute atomic E-state index is 0.0482. The molecule has 0 saturated heterocycles. The smallest absolute Gasteiger partial charge is 0.285 e. The highest BCUT2D eigenvalue weighted by atomic mass is 16.5. The van der Waals surface area contributed by atoms with Crippen LogP contribution < -0.4 is 19.9 Å². The number of nitrogens with zero attached hydrogens (tertiary/aromatic N) is 1. The molecule has 2 aromatic carbocycles. The number of rotatable bonds is 5. The van der Waals surface area contributed by atoms with E-state index in [0.29, 0.717) is 12.2 Å². The number of ether oxygens (including phenoxy) is 1. The minimum atomic E-state index is -0.292. The molecule has 136 valence electrons. The van der Waals surface area contributed by atoms with Gasteiger partial charge in [0.2, 0.25) is 5.91 Å². The van der Waals surface area contributed by atoms with Crippen LogP contribution in [0.5, 0.6) is 5.75 Å². The normalized spacial score (nSPS) is 15.7. The predicted octanol–water partition coefficient (Wildman–Crippen LogP) is 1.08. The van der Waals surface area contributed by atoms with Crippen LogP contribution in [0.2, 0.25) is 0 Å². The fourth-order valence-corrected chi connectivity index (χ4v) is 3.13. The van der Waals surface area contributed by atoms with Crippen LogP contribution in [0.15, 0.2) is 48.5 Å². The summed E-state index contributed by atoms with van der Waals surface area (Å²) in [4.78, 5) is 27.7. The molecule has 0 spiro atoms. The van der Waals surface area contributed by atoms with Gasteiger partial charge in [0.25, 0.3) is 5.91 Å². The SMILES string of the molecule is COc1cccc(C[NH+](C)[C@@H](C)C(=O)N2CC(=O)Nc3ccccc32)c1. The van der Waals surface area contributed by atoms with Crippen molar-refractivity contribution in [1.82, 2.24) is 0 Å². The summed E-state index contributed by atoms with van der Waals surface area (Å²) < 4.78 is 5.26. The monoisotopic (exact) mass is 354 g/mol. The Balaban J connectivity index is 1.75. The molecule has 1 unspecified atom stereocenters. The summed E-state index contributed by atoms with van der Waals surface area (Å²) in [7, 11) is 3.62. The Morgan fingerprint density at radius 2 is 2.04 bits per heavy atom. The average Bonchev–Trinajstić information content (AvgIpc) is 2.66. The fourth-order valence-electron chi connectivity index (χ4n) is 3.13. The molecule has 2 aromatic rings. The Morgan fingerprint density at radius 1 is 1.27 bits per heavy atom. The second kappa shape index (κ2) is 7.58. The second-order valence-electron chi connectivity index (χ2n) is 6.59. The van der Waals surface area contributed by atoms with Crippen LogP contribution in [-0.4, -0.2) is 38.6 Å². The van der Waals surface area contributed by atoms with Gasteiger partial charge in [0, 0.05) is 5.56 Å². The summed E-state index contributed by atoms with van der Waals surface area (Å²) in [6.45, 7) is 2.63. The number of likely N-dealkylation sites (N-methyl/N-ethyl adjacent to an activating group) is 1. The van der Waals surface area contributed by atoms with E-state index in [-0.39, 0.29) is 24.4 Å². The lowest BCUT2D eigenvalue weighted by Crippen LogP contribution is -3.12. The average molecular weight is 354 g/mol. The molecule has 2 atom stereocenters. The first-order chi connectivity index (χ1) is 12.5. The molecule has 0 radical (unpaired) electrons. The first-order valence-electron chi connectivity index (χ1n) is 8.65. The zero-order chi connectivity index (χ0) is 18.7. The van der Waals surface area contributed by atoms with E-state index in [1.165, 1.54) is 0 Å². The fraction of sp³-hybridized carbons (Fsp3) is 0.300. The Labute approximate surface area is 153 Å². The Morgan fingerprint density at radius 3 is 2.81 bits per heavy atom. The third-order valence-corrected chi connectivity index (χ3v) is 4.76. The lowest BCUT2D eigenvalue weighted by atomic mass is 10.1. The van der Waals surface area contributed by atoms with Crippen molar-refractivity contribution in [1.29, 1.82) is 0 Å². The van der Waals surface area contributed by atoms with Crippen molar-refractivity contribution in [3.8, 4) is 5.75 Å². The van der Waals surface area contributed by atoms with E-state index in [2.05, 4.69) is 5.32 Å². The molecular formula is C20H24N3O3+. The van der Waals surface area contributed by atoms with E-state index in [9.17, 15) is 9.59 Å². The molecule has 6 heteroatoms. The van der Waals surface area contributed by atoms with Gasteiger partial charge in [-0.05, 0) is 31.2 Å². The van der Waals surface area contributed by atoms with Crippen molar-refractivity contribution >= 4 is 23.2 Å². The first-order valence-corrected chi connectivity index (χ1v) is 8.65. The van der Waals surface area contributed by atoms with Crippen LogP contribution in [0.4, 0.5) is 11.4 Å². The van der Waals surface area contributed by atoms with Crippen LogP contribution >= 0.6 is 0 Å². The van der Waals surface area contributed by atoms with Gasteiger partial charge in [-0.1, -0.05) is 24.3 Å². The zero-order valence-corrected chi connectivity index (χ0v) is 15.3. The molecule has 0 saturated carbocycles. The highest BCUT2D eigenvalue weighted by Gasteiger charge is 2.33. The van der Waals surface area contributed by atoms with Gasteiger partial charge in [0.15, 0.2) is 6.04 Å². The van der Waals surface area contributed by atoms with E-state index in [0.717, 1.165) is 21.9 Å². The molecule has 3 rings (SSSR count). The van der Waals surface area contributed by atoms with Gasteiger partial charge in [-0.2, -0.15) is 0 Å². The number of nitrogens with one attached hydrogen (secondary N) is 2. The van der Waals surface area contributed by atoms with E-state index >= 15 is 0 Å². The van der Waals surface area contributed by atoms with Crippen molar-refractivity contribution < 1.29 is 19.2 Å². The highest BCUT2D eigenvalue weighted by molar-refractivity contribution is 6.10. The van der Waals surface area contributed by atoms with Gasteiger partial charge in [0.1, 0.15) is 18.8 Å². The lowest BCUT2D eigenvalue weighted by molar-refractivity contribution is -0.908. The number of benzene rings is 2. The number of methoxy groups -OCH3 is 1. The van der Waals surface area contributed by atoms with Crippen LogP contribution in [0.25, 0.3) is 0 Å². The van der Waals surface area contributed by atoms with Crippen LogP contribution in [0.3, 0.4) is 0 Å². The summed E-state index contributed by atoms with van der Waals surface area (Å²) >= 11 is 0. The van der Waals surface area contributed by atoms with Crippen LogP contribution in [-0.2, 0) is 16.1 Å². The summed E-state index contributed by atoms with van der Waals surface area (Å²) in [5.41, 5.74) is 2.52. The standard InChI is InChI=1S/C20H23N3O3/c1-14(22(2)12-15-7-6-8-16(11-15)26-3)20(25)23-13-19(24)21-17-9-4-5-10-18(17)23/h4-11,14H,12-13H2,1-3H3,(H,21,24)/p+1/t14-/m0/s1. The van der Waals surface area contributed by atoms with E-state index in [4.69, 9.17) is 4.74 Å². The quantitative estimate of drug-likeness (QED) is 0.845. The molecule has 0 aliphatic carbocycles. The molecule has 1 aliphatic rings. The summed E-state index contributed by atoms with van der Waals surface area (Å²) in [5.74, 6) is 0.568. The lowest BCUT2D eigenvalue weighted by Gasteiger charge is -2.32. The summed E-state index contributed by atoms with van der Waals surface area (Å²) in [6.07, 6.45) is 0. The number of carbonyl (C=O) groups excluding carboxylic acids is 2. The maximum atomic E-state index is 13.1. The first kappa shape index (κ1) is 17.9. The molecule has 0 fully saturated rings. The third kappa shape index (κ3) is 3.70. The van der Waals surface area contributed by atoms with Gasteiger partial charge in [-0.25, -0.2) is 0 Å². The molecular weight excluding hydrogens is 330 g/mol. The van der Waals surface area contributed by atoms with Crippen molar-refractivity contribution in [3.05, 3.63) is 54.1 Å². The molecule has 0 bridgehead atoms. The number of quaternary nitrogens is 1. The van der Waals surface area contributed by atoms with Crippen molar-refractivity contribution in [3.63, 3.8) is 0 Å². The van der Waals surface area contributed by atoms with Gasteiger partial charge in [0.05, 0.1) is 25.5 Å². The van der Waals surface area contributed by atoms with Gasteiger partial charge >= 0.3 is 0 Å². The third-order valence-electron chi connectivity index (χ3n) is 4.76. The van der Waals surface area contributed by atoms with Crippen molar-refractivity contribution in [2.75, 3.05) is 30.9 Å². The molecule has 1 aliphatic heterocycles. The maximum Gasteiger partial charge on any atom is 0.285 e. The van der Waals surface area contributed by atoms with Gasteiger partial charge < -0.3 is 15.0 Å². The van der Waals surface area contributed by atoms with Crippen LogP contribution in [0, 0.1) is 0 Å². The van der Waals surface area contributed by atoms with Gasteiger partial charge in [-0.3, -0.25) is 14.5 Å². The van der Waals surface area contributed by atoms with E-state index in [1.807, 2.05) is 62.5 Å². The highest BCUT2D eigenvalue weighted by Crippen LogP contribution is 2.29. The molecule has 26 heavy (non-hydrogen) atoms. The van der Waals surface area contributed by atoms with Crippen molar-refractivity contribution in [2.45, 2.75) is 19.5 Å². The Hall–Kier alpha value is -2.86. The topological polar surface area (TPSA) is 63.1 Å². The number of para-hydroxylation sites is 2. The Bertz CT molecular complexity index is 821. The molecule has 6 nitrogen and oxygen atoms in total. The molecule has 2 amide bonds. The number of anilines is 2. The zero-order valence-electron chi connectivity index (χ0n) is 15.3. The molecule has 2 N–H and O–H groups in total. The largest absolute Gasteiger partial charge is 0.497 e. The summed E-state index contributed by atoms with van der Waals surface area (Å²) in [6, 6.07) is 14.9. The minimum Gasteiger partial charge on any atom is -0.497 e. The van der Waals surface area contributed by atoms with Crippen molar-refractivity contribution in [2.24, 2.45) is 0 Å². The number of amides is 2. The van der Waals surface area contributed by atoms with E-state index < -0.39 is 0 Å². The number of hydrogen-bond acceptors (Lipinski definition) is 3. The predicted molar refractivity (Wildman–Crippen MR) is 100 cm³/mol. The molecule has 1 heterocycles. The Kier molecular flexibility index (Phi) is 5.23. The van der Waals surface area contributed by atoms with Gasteiger partial charge in [-0.15, -0.1) is 0 Å².